The van der Waals surface area contributed by atoms with Gasteiger partial charge in [0, 0.05) is 17.8 Å². The molecule has 0 aliphatic carbocycles. The van der Waals surface area contributed by atoms with Gasteiger partial charge in [0.2, 0.25) is 0 Å². The lowest BCUT2D eigenvalue weighted by atomic mass is 10.1. The molecule has 1 N–H and O–H groups in total. The number of halogens is 1. The molecule has 136 valence electrons. The monoisotopic (exact) mass is 381 g/mol. The normalized spacial score (nSPS) is 10.1. The molecule has 2 aromatic rings. The molecule has 26 heavy (non-hydrogen) atoms. The maximum Gasteiger partial charge on any atom is 0.289 e. The first kappa shape index (κ1) is 18.9. The molecular formula is C15H12ClN3O7. The smallest absolute Gasteiger partial charge is 0.289 e. The van der Waals surface area contributed by atoms with E-state index < -0.39 is 27.1 Å². The van der Waals surface area contributed by atoms with E-state index in [4.69, 9.17) is 21.1 Å². The van der Waals surface area contributed by atoms with Crippen molar-refractivity contribution < 1.29 is 24.1 Å². The Morgan fingerprint density at radius 3 is 2.12 bits per heavy atom. The number of nitro benzene ring substituents is 2. The lowest BCUT2D eigenvalue weighted by Gasteiger charge is -2.11. The van der Waals surface area contributed by atoms with Crippen molar-refractivity contribution in [2.75, 3.05) is 19.5 Å². The predicted octanol–water partition coefficient (Wildman–Crippen LogP) is 3.43. The highest BCUT2D eigenvalue weighted by Crippen LogP contribution is 2.35. The fraction of sp³-hybridized carbons (Fsp3) is 0.133. The van der Waals surface area contributed by atoms with Crippen LogP contribution in [0, 0.1) is 20.2 Å². The van der Waals surface area contributed by atoms with Crippen LogP contribution in [0.5, 0.6) is 11.5 Å². The van der Waals surface area contributed by atoms with Crippen LogP contribution in [0.25, 0.3) is 0 Å². The van der Waals surface area contributed by atoms with E-state index in [0.717, 1.165) is 18.2 Å². The Labute approximate surface area is 151 Å². The number of methoxy groups -OCH3 is 2. The van der Waals surface area contributed by atoms with Crippen molar-refractivity contribution in [2.45, 2.75) is 0 Å². The van der Waals surface area contributed by atoms with Gasteiger partial charge in [0.05, 0.1) is 30.1 Å². The summed E-state index contributed by atoms with van der Waals surface area (Å²) in [4.78, 5) is 33.2. The zero-order chi connectivity index (χ0) is 19.4. The third-order valence-corrected chi connectivity index (χ3v) is 3.66. The molecule has 0 saturated carbocycles. The summed E-state index contributed by atoms with van der Waals surface area (Å²) >= 11 is 5.71. The molecule has 10 nitrogen and oxygen atoms in total. The number of nitro groups is 2. The Morgan fingerprint density at radius 2 is 1.58 bits per heavy atom. The number of hydrogen-bond donors (Lipinski definition) is 1. The number of nitrogens with zero attached hydrogens (tertiary/aromatic N) is 2. The molecule has 0 aromatic heterocycles. The molecule has 0 spiro atoms. The van der Waals surface area contributed by atoms with Crippen LogP contribution < -0.4 is 14.8 Å². The second-order valence-electron chi connectivity index (χ2n) is 4.86. The fourth-order valence-corrected chi connectivity index (χ4v) is 2.32. The van der Waals surface area contributed by atoms with E-state index in [2.05, 4.69) is 5.32 Å². The van der Waals surface area contributed by atoms with Gasteiger partial charge < -0.3 is 14.8 Å². The number of ether oxygens (including phenoxy) is 2. The molecule has 0 atom stereocenters. The van der Waals surface area contributed by atoms with Gasteiger partial charge in [0.25, 0.3) is 17.3 Å². The third kappa shape index (κ3) is 3.81. The summed E-state index contributed by atoms with van der Waals surface area (Å²) in [5.41, 5.74) is -1.17. The summed E-state index contributed by atoms with van der Waals surface area (Å²) in [7, 11) is 2.61. The highest BCUT2D eigenvalue weighted by atomic mass is 35.5. The van der Waals surface area contributed by atoms with Crippen LogP contribution in [0.2, 0.25) is 5.02 Å². The summed E-state index contributed by atoms with van der Waals surface area (Å²) in [6, 6.07) is 5.82. The van der Waals surface area contributed by atoms with Crippen LogP contribution >= 0.6 is 11.6 Å². The van der Waals surface area contributed by atoms with Gasteiger partial charge in [-0.2, -0.15) is 0 Å². The molecule has 2 rings (SSSR count). The SMILES string of the molecule is COc1cc(C(=O)Nc2ccc(Cl)c([N+](=O)[O-])c2)c([N+](=O)[O-])cc1OC. The van der Waals surface area contributed by atoms with Gasteiger partial charge in [-0.15, -0.1) is 0 Å². The van der Waals surface area contributed by atoms with Crippen molar-refractivity contribution in [3.8, 4) is 11.5 Å². The van der Waals surface area contributed by atoms with E-state index in [1.54, 1.807) is 0 Å². The summed E-state index contributed by atoms with van der Waals surface area (Å²) in [5.74, 6) is -0.655. The van der Waals surface area contributed by atoms with Crippen molar-refractivity contribution in [2.24, 2.45) is 0 Å². The van der Waals surface area contributed by atoms with Crippen LogP contribution in [0.15, 0.2) is 30.3 Å². The molecule has 0 radical (unpaired) electrons. The second kappa shape index (κ2) is 7.66. The Bertz CT molecular complexity index is 901. The van der Waals surface area contributed by atoms with Gasteiger partial charge in [-0.25, -0.2) is 0 Å². The van der Waals surface area contributed by atoms with Gasteiger partial charge in [-0.3, -0.25) is 25.0 Å². The minimum Gasteiger partial charge on any atom is -0.493 e. The van der Waals surface area contributed by atoms with Crippen molar-refractivity contribution >= 4 is 34.6 Å². The van der Waals surface area contributed by atoms with Crippen LogP contribution in [0.4, 0.5) is 17.1 Å². The summed E-state index contributed by atoms with van der Waals surface area (Å²) in [5, 5.41) is 24.4. The van der Waals surface area contributed by atoms with Gasteiger partial charge >= 0.3 is 0 Å². The van der Waals surface area contributed by atoms with Gasteiger partial charge in [0.15, 0.2) is 11.5 Å². The van der Waals surface area contributed by atoms with Gasteiger partial charge in [0.1, 0.15) is 10.6 Å². The molecule has 0 heterocycles. The van der Waals surface area contributed by atoms with Crippen LogP contribution in [0.3, 0.4) is 0 Å². The lowest BCUT2D eigenvalue weighted by Crippen LogP contribution is -2.14. The van der Waals surface area contributed by atoms with E-state index in [0.29, 0.717) is 0 Å². The summed E-state index contributed by atoms with van der Waals surface area (Å²) < 4.78 is 10.0. The number of rotatable bonds is 6. The van der Waals surface area contributed by atoms with E-state index in [9.17, 15) is 25.0 Å². The second-order valence-corrected chi connectivity index (χ2v) is 5.27. The quantitative estimate of drug-likeness (QED) is 0.598. The van der Waals surface area contributed by atoms with Crippen molar-refractivity contribution in [3.05, 3.63) is 61.1 Å². The van der Waals surface area contributed by atoms with Crippen LogP contribution in [-0.2, 0) is 0 Å². The molecule has 0 fully saturated rings. The standard InChI is InChI=1S/C15H12ClN3O7/c1-25-13-6-9(11(18(21)22)7-14(13)26-2)15(20)17-8-3-4-10(16)12(5-8)19(23)24/h3-7H,1-2H3,(H,17,20). The molecule has 1 amide bonds. The number of amides is 1. The number of nitrogens with one attached hydrogen (secondary N) is 1. The average molecular weight is 382 g/mol. The lowest BCUT2D eigenvalue weighted by molar-refractivity contribution is -0.385. The summed E-state index contributed by atoms with van der Waals surface area (Å²) in [6.45, 7) is 0. The van der Waals surface area contributed by atoms with Gasteiger partial charge in [-0.05, 0) is 12.1 Å². The minimum atomic E-state index is -0.853. The van der Waals surface area contributed by atoms with Gasteiger partial charge in [-0.1, -0.05) is 11.6 Å². The zero-order valence-electron chi connectivity index (χ0n) is 13.5. The topological polar surface area (TPSA) is 134 Å². The summed E-state index contributed by atoms with van der Waals surface area (Å²) in [6.07, 6.45) is 0. The number of benzene rings is 2. The zero-order valence-corrected chi connectivity index (χ0v) is 14.3. The maximum atomic E-state index is 12.5. The number of carbonyl (C=O) groups is 1. The van der Waals surface area contributed by atoms with E-state index in [1.165, 1.54) is 26.4 Å². The molecule has 0 aliphatic rings. The molecule has 0 bridgehead atoms. The minimum absolute atomic E-state index is 0.0511. The van der Waals surface area contributed by atoms with E-state index in [1.807, 2.05) is 0 Å². The Balaban J connectivity index is 2.45. The van der Waals surface area contributed by atoms with Crippen molar-refractivity contribution in [3.63, 3.8) is 0 Å². The molecule has 0 saturated heterocycles. The van der Waals surface area contributed by atoms with Crippen molar-refractivity contribution in [1.82, 2.24) is 0 Å². The first-order valence-electron chi connectivity index (χ1n) is 6.94. The van der Waals surface area contributed by atoms with E-state index in [-0.39, 0.29) is 27.8 Å². The first-order valence-corrected chi connectivity index (χ1v) is 7.32. The predicted molar refractivity (Wildman–Crippen MR) is 92.3 cm³/mol. The molecular weight excluding hydrogens is 370 g/mol. The first-order chi connectivity index (χ1) is 12.3. The molecule has 0 unspecified atom stereocenters. The highest BCUT2D eigenvalue weighted by Gasteiger charge is 2.25. The Hall–Kier alpha value is -3.40. The fourth-order valence-electron chi connectivity index (χ4n) is 2.13. The highest BCUT2D eigenvalue weighted by molar-refractivity contribution is 6.32. The number of anilines is 1. The van der Waals surface area contributed by atoms with Crippen molar-refractivity contribution in [1.29, 1.82) is 0 Å². The molecule has 0 aliphatic heterocycles. The third-order valence-electron chi connectivity index (χ3n) is 3.34. The Morgan fingerprint density at radius 1 is 1.00 bits per heavy atom. The molecule has 11 heteroatoms. The average Bonchev–Trinajstić information content (AvgIpc) is 2.61. The van der Waals surface area contributed by atoms with Crippen LogP contribution in [-0.4, -0.2) is 30.0 Å². The van der Waals surface area contributed by atoms with Crippen LogP contribution in [0.1, 0.15) is 10.4 Å². The number of carbonyl (C=O) groups excluding carboxylic acids is 1. The Kier molecular flexibility index (Phi) is 5.58. The molecule has 2 aromatic carbocycles. The number of hydrogen-bond acceptors (Lipinski definition) is 7. The maximum absolute atomic E-state index is 12.5. The largest absolute Gasteiger partial charge is 0.493 e. The van der Waals surface area contributed by atoms with E-state index >= 15 is 0 Å².